The molecule has 0 amide bonds. The molecule has 1 aromatic carbocycles. The van der Waals surface area contributed by atoms with Gasteiger partial charge in [0.2, 0.25) is 0 Å². The van der Waals surface area contributed by atoms with E-state index >= 15 is 0 Å². The summed E-state index contributed by atoms with van der Waals surface area (Å²) in [5, 5.41) is 6.98. The molecule has 0 radical (unpaired) electrons. The highest BCUT2D eigenvalue weighted by atomic mass is 19.4. The van der Waals surface area contributed by atoms with E-state index in [-0.39, 0.29) is 5.75 Å². The lowest BCUT2D eigenvalue weighted by molar-refractivity contribution is -0.137. The number of nitrogens with one attached hydrogen (secondary N) is 1. The summed E-state index contributed by atoms with van der Waals surface area (Å²) in [5.41, 5.74) is 1.25. The van der Waals surface area contributed by atoms with E-state index < -0.39 is 11.7 Å². The number of hydrogen-bond acceptors (Lipinski definition) is 3. The Morgan fingerprint density at radius 1 is 1.21 bits per heavy atom. The molecule has 7 heteroatoms. The third-order valence-electron chi connectivity index (χ3n) is 5.53. The minimum atomic E-state index is -4.43. The molecule has 0 aliphatic heterocycles. The van der Waals surface area contributed by atoms with E-state index in [4.69, 9.17) is 4.74 Å². The Labute approximate surface area is 170 Å². The van der Waals surface area contributed by atoms with E-state index in [1.807, 2.05) is 7.05 Å². The summed E-state index contributed by atoms with van der Waals surface area (Å²) in [6.45, 7) is 4.16. The maximum Gasteiger partial charge on any atom is 0.416 e. The molecule has 29 heavy (non-hydrogen) atoms. The van der Waals surface area contributed by atoms with Crippen molar-refractivity contribution < 1.29 is 17.9 Å². The van der Waals surface area contributed by atoms with Crippen LogP contribution in [-0.4, -0.2) is 35.3 Å². The number of aromatic amines is 1. The molecule has 1 aliphatic carbocycles. The highest BCUT2D eigenvalue weighted by molar-refractivity contribution is 5.66. The standard InChI is InChI=1S/C22H30F3N3O/c1-3-4-9-28(2)14-18-13-26-27-21(18)17-10-19(22(23,24)25)12-20(11-17)29-15-16-7-5-6-8-16/h10-13,16H,3-9,14-15H2,1-2H3,(H,26,27). The average Bonchev–Trinajstić information content (AvgIpc) is 3.35. The molecule has 0 bridgehead atoms. The molecule has 0 spiro atoms. The zero-order chi connectivity index (χ0) is 20.9. The van der Waals surface area contributed by atoms with Crippen LogP contribution < -0.4 is 4.74 Å². The summed E-state index contributed by atoms with van der Waals surface area (Å²) in [4.78, 5) is 2.16. The maximum absolute atomic E-state index is 13.5. The number of unbranched alkanes of at least 4 members (excludes halogenated alkanes) is 1. The Morgan fingerprint density at radius 2 is 1.97 bits per heavy atom. The van der Waals surface area contributed by atoms with Crippen molar-refractivity contribution in [2.45, 2.75) is 58.2 Å². The van der Waals surface area contributed by atoms with Gasteiger partial charge in [0, 0.05) is 17.7 Å². The Morgan fingerprint density at radius 3 is 2.66 bits per heavy atom. The predicted octanol–water partition coefficient (Wildman–Crippen LogP) is 5.90. The summed E-state index contributed by atoms with van der Waals surface area (Å²) in [7, 11) is 2.01. The van der Waals surface area contributed by atoms with E-state index in [0.717, 1.165) is 43.9 Å². The number of halogens is 3. The second kappa shape index (κ2) is 9.65. The first-order chi connectivity index (χ1) is 13.9. The van der Waals surface area contributed by atoms with Crippen molar-refractivity contribution in [3.63, 3.8) is 0 Å². The highest BCUT2D eigenvalue weighted by Gasteiger charge is 2.32. The molecule has 3 rings (SSSR count). The molecular formula is C22H30F3N3O. The van der Waals surface area contributed by atoms with E-state index in [2.05, 4.69) is 22.0 Å². The lowest BCUT2D eigenvalue weighted by atomic mass is 10.0. The minimum Gasteiger partial charge on any atom is -0.493 e. The van der Waals surface area contributed by atoms with Crippen LogP contribution in [0.5, 0.6) is 5.75 Å². The molecule has 0 saturated heterocycles. The number of hydrogen-bond donors (Lipinski definition) is 1. The van der Waals surface area contributed by atoms with Crippen LogP contribution in [0.25, 0.3) is 11.3 Å². The molecule has 1 fully saturated rings. The SMILES string of the molecule is CCCCN(C)Cc1cn[nH]c1-c1cc(OCC2CCCC2)cc(C(F)(F)F)c1. The fourth-order valence-electron chi connectivity index (χ4n) is 3.86. The Kier molecular flexibility index (Phi) is 7.22. The first-order valence-electron chi connectivity index (χ1n) is 10.4. The van der Waals surface area contributed by atoms with Gasteiger partial charge in [-0.05, 0) is 57.0 Å². The number of ether oxygens (including phenoxy) is 1. The van der Waals surface area contributed by atoms with Gasteiger partial charge in [0.1, 0.15) is 5.75 Å². The van der Waals surface area contributed by atoms with Crippen LogP contribution in [0.1, 0.15) is 56.6 Å². The van der Waals surface area contributed by atoms with Crippen molar-refractivity contribution in [2.75, 3.05) is 20.2 Å². The largest absolute Gasteiger partial charge is 0.493 e. The topological polar surface area (TPSA) is 41.2 Å². The predicted molar refractivity (Wildman–Crippen MR) is 108 cm³/mol. The zero-order valence-corrected chi connectivity index (χ0v) is 17.2. The van der Waals surface area contributed by atoms with E-state index in [1.165, 1.54) is 18.9 Å². The number of H-pyrrole nitrogens is 1. The van der Waals surface area contributed by atoms with Gasteiger partial charge in [0.15, 0.2) is 0 Å². The summed E-state index contributed by atoms with van der Waals surface area (Å²) < 4.78 is 46.3. The molecule has 1 aliphatic rings. The number of aromatic nitrogens is 2. The van der Waals surface area contributed by atoms with Crippen LogP contribution in [0.2, 0.25) is 0 Å². The molecule has 1 N–H and O–H groups in total. The number of alkyl halides is 3. The molecule has 1 saturated carbocycles. The van der Waals surface area contributed by atoms with Gasteiger partial charge < -0.3 is 9.64 Å². The molecule has 1 heterocycles. The van der Waals surface area contributed by atoms with Gasteiger partial charge in [0.05, 0.1) is 24.1 Å². The van der Waals surface area contributed by atoms with Crippen LogP contribution >= 0.6 is 0 Å². The molecule has 1 aromatic heterocycles. The molecule has 2 aromatic rings. The number of rotatable bonds is 9. The van der Waals surface area contributed by atoms with Crippen molar-refractivity contribution in [1.29, 1.82) is 0 Å². The van der Waals surface area contributed by atoms with Crippen molar-refractivity contribution in [3.05, 3.63) is 35.5 Å². The fraction of sp³-hybridized carbons (Fsp3) is 0.591. The molecule has 160 valence electrons. The summed E-state index contributed by atoms with van der Waals surface area (Å²) in [5.74, 6) is 0.699. The second-order valence-electron chi connectivity index (χ2n) is 8.07. The molecule has 4 nitrogen and oxygen atoms in total. The Balaban J connectivity index is 1.84. The van der Waals surface area contributed by atoms with Crippen LogP contribution in [0.15, 0.2) is 24.4 Å². The van der Waals surface area contributed by atoms with E-state index in [9.17, 15) is 13.2 Å². The summed E-state index contributed by atoms with van der Waals surface area (Å²) >= 11 is 0. The first kappa shape index (κ1) is 21.7. The Bertz CT molecular complexity index is 782. The van der Waals surface area contributed by atoms with Gasteiger partial charge in [-0.15, -0.1) is 0 Å². The van der Waals surface area contributed by atoms with Crippen LogP contribution in [-0.2, 0) is 12.7 Å². The quantitative estimate of drug-likeness (QED) is 0.561. The number of benzene rings is 1. The van der Waals surface area contributed by atoms with Crippen molar-refractivity contribution in [1.82, 2.24) is 15.1 Å². The summed E-state index contributed by atoms with van der Waals surface area (Å²) in [6, 6.07) is 3.96. The minimum absolute atomic E-state index is 0.265. The normalized spacial score (nSPS) is 15.4. The molecule has 0 unspecified atom stereocenters. The Hall–Kier alpha value is -2.02. The van der Waals surface area contributed by atoms with Gasteiger partial charge in [-0.3, -0.25) is 5.10 Å². The van der Waals surface area contributed by atoms with Gasteiger partial charge in [-0.1, -0.05) is 26.2 Å². The lowest BCUT2D eigenvalue weighted by Crippen LogP contribution is -2.19. The number of nitrogens with zero attached hydrogens (tertiary/aromatic N) is 2. The van der Waals surface area contributed by atoms with Crippen molar-refractivity contribution >= 4 is 0 Å². The van der Waals surface area contributed by atoms with E-state index in [1.54, 1.807) is 12.3 Å². The zero-order valence-electron chi connectivity index (χ0n) is 17.2. The lowest BCUT2D eigenvalue weighted by Gasteiger charge is -2.17. The van der Waals surface area contributed by atoms with Crippen molar-refractivity contribution in [3.8, 4) is 17.0 Å². The smallest absolute Gasteiger partial charge is 0.416 e. The molecule has 0 atom stereocenters. The monoisotopic (exact) mass is 409 g/mol. The maximum atomic E-state index is 13.5. The van der Waals surface area contributed by atoms with Gasteiger partial charge in [-0.25, -0.2) is 0 Å². The van der Waals surface area contributed by atoms with Gasteiger partial charge >= 0.3 is 6.18 Å². The summed E-state index contributed by atoms with van der Waals surface area (Å²) in [6.07, 6.45) is 3.94. The fourth-order valence-corrected chi connectivity index (χ4v) is 3.86. The highest BCUT2D eigenvalue weighted by Crippen LogP contribution is 2.36. The average molecular weight is 409 g/mol. The third kappa shape index (κ3) is 5.98. The van der Waals surface area contributed by atoms with Crippen LogP contribution in [0.4, 0.5) is 13.2 Å². The van der Waals surface area contributed by atoms with Crippen LogP contribution in [0.3, 0.4) is 0 Å². The van der Waals surface area contributed by atoms with Gasteiger partial charge in [-0.2, -0.15) is 18.3 Å². The van der Waals surface area contributed by atoms with Gasteiger partial charge in [0.25, 0.3) is 0 Å². The molecular weight excluding hydrogens is 379 g/mol. The van der Waals surface area contributed by atoms with E-state index in [0.29, 0.717) is 30.3 Å². The second-order valence-corrected chi connectivity index (χ2v) is 8.07. The first-order valence-corrected chi connectivity index (χ1v) is 10.4. The third-order valence-corrected chi connectivity index (χ3v) is 5.53. The van der Waals surface area contributed by atoms with Crippen molar-refractivity contribution in [2.24, 2.45) is 5.92 Å². The van der Waals surface area contributed by atoms with Crippen LogP contribution in [0, 0.1) is 5.92 Å².